The van der Waals surface area contributed by atoms with Crippen molar-refractivity contribution in [2.45, 2.75) is 20.5 Å². The summed E-state index contributed by atoms with van der Waals surface area (Å²) in [5.74, 6) is -0.856. The topological polar surface area (TPSA) is 132 Å². The molecule has 1 amide bonds. The van der Waals surface area contributed by atoms with Crippen LogP contribution in [0, 0.1) is 12.3 Å². The van der Waals surface area contributed by atoms with Crippen molar-refractivity contribution in [3.63, 3.8) is 0 Å². The second-order valence-corrected chi connectivity index (χ2v) is 9.19. The number of rotatable bonds is 9. The summed E-state index contributed by atoms with van der Waals surface area (Å²) in [6.45, 7) is 3.57. The number of ether oxygens (including phenoxy) is 2. The van der Waals surface area contributed by atoms with E-state index >= 15 is 0 Å². The van der Waals surface area contributed by atoms with Crippen LogP contribution in [0.15, 0.2) is 84.9 Å². The molecule has 0 aliphatic rings. The van der Waals surface area contributed by atoms with Gasteiger partial charge in [0, 0.05) is 16.8 Å². The Kier molecular flexibility index (Phi) is 8.39. The van der Waals surface area contributed by atoms with Crippen LogP contribution in [0.25, 0.3) is 11.1 Å². The van der Waals surface area contributed by atoms with Gasteiger partial charge < -0.3 is 20.5 Å². The molecule has 0 saturated heterocycles. The number of hydrogen-bond acceptors (Lipinski definition) is 6. The zero-order valence-corrected chi connectivity index (χ0v) is 22.4. The van der Waals surface area contributed by atoms with Crippen molar-refractivity contribution in [2.24, 2.45) is 5.73 Å². The van der Waals surface area contributed by atoms with Crippen molar-refractivity contribution < 1.29 is 23.9 Å². The number of benzene rings is 4. The van der Waals surface area contributed by atoms with Gasteiger partial charge in [0.25, 0.3) is 5.91 Å². The average Bonchev–Trinajstić information content (AvgIpc) is 2.96. The summed E-state index contributed by atoms with van der Waals surface area (Å²) in [6.07, 6.45) is 0. The van der Waals surface area contributed by atoms with Gasteiger partial charge in [0.1, 0.15) is 18.2 Å². The quantitative estimate of drug-likeness (QED) is 0.108. The Balaban J connectivity index is 1.81. The fourth-order valence-electron chi connectivity index (χ4n) is 4.20. The van der Waals surface area contributed by atoms with Crippen molar-refractivity contribution in [3.8, 4) is 16.9 Å². The van der Waals surface area contributed by atoms with Gasteiger partial charge in [-0.1, -0.05) is 42.5 Å². The highest BCUT2D eigenvalue weighted by Gasteiger charge is 2.22. The van der Waals surface area contributed by atoms with Crippen LogP contribution in [0.4, 0.5) is 5.69 Å². The van der Waals surface area contributed by atoms with Crippen LogP contribution in [0.5, 0.6) is 5.75 Å². The average molecular weight is 536 g/mol. The first-order valence-corrected chi connectivity index (χ1v) is 12.5. The predicted molar refractivity (Wildman–Crippen MR) is 154 cm³/mol. The van der Waals surface area contributed by atoms with E-state index in [4.69, 9.17) is 20.6 Å². The molecule has 0 aromatic heterocycles. The van der Waals surface area contributed by atoms with Gasteiger partial charge in [-0.25, -0.2) is 4.79 Å². The Morgan fingerprint density at radius 2 is 1.52 bits per heavy atom. The Morgan fingerprint density at radius 1 is 0.850 bits per heavy atom. The SMILES string of the molecule is COC(=O)c1cc(C(C)=O)ccc1-c1cc(C)c(OCc2ccccc2)cc1C(=O)Nc1ccc(C(=N)N)cc1. The Labute approximate surface area is 232 Å². The normalized spacial score (nSPS) is 10.5. The molecule has 0 aliphatic carbocycles. The van der Waals surface area contributed by atoms with Crippen LogP contribution in [-0.2, 0) is 11.3 Å². The molecule has 8 nitrogen and oxygen atoms in total. The number of carbonyl (C=O) groups excluding carboxylic acids is 3. The van der Waals surface area contributed by atoms with E-state index < -0.39 is 11.9 Å². The second kappa shape index (κ2) is 12.1. The maximum absolute atomic E-state index is 13.7. The molecule has 202 valence electrons. The molecule has 0 bridgehead atoms. The maximum Gasteiger partial charge on any atom is 0.338 e. The van der Waals surface area contributed by atoms with Crippen LogP contribution in [0.3, 0.4) is 0 Å². The standard InChI is InChI=1S/C32H29N3O5/c1-19-15-26(25-14-11-23(20(2)36)16-28(25)32(38)39-3)27(17-29(19)40-18-21-7-5-4-6-8-21)31(37)35-24-12-9-22(10-13-24)30(33)34/h4-17H,18H2,1-3H3,(H3,33,34)(H,35,37). The third-order valence-corrected chi connectivity index (χ3v) is 6.37. The van der Waals surface area contributed by atoms with Gasteiger partial charge in [-0.3, -0.25) is 15.0 Å². The van der Waals surface area contributed by atoms with E-state index in [9.17, 15) is 14.4 Å². The summed E-state index contributed by atoms with van der Waals surface area (Å²) in [5.41, 5.74) is 9.95. The lowest BCUT2D eigenvalue weighted by Crippen LogP contribution is -2.16. The summed E-state index contributed by atoms with van der Waals surface area (Å²) in [7, 11) is 1.26. The number of aryl methyl sites for hydroxylation is 1. The Bertz CT molecular complexity index is 1600. The van der Waals surface area contributed by atoms with Gasteiger partial charge in [-0.05, 0) is 78.6 Å². The summed E-state index contributed by atoms with van der Waals surface area (Å²) in [6, 6.07) is 24.4. The molecule has 0 heterocycles. The number of esters is 1. The highest BCUT2D eigenvalue weighted by Crippen LogP contribution is 2.34. The smallest absolute Gasteiger partial charge is 0.338 e. The Morgan fingerprint density at radius 3 is 2.15 bits per heavy atom. The zero-order chi connectivity index (χ0) is 28.8. The van der Waals surface area contributed by atoms with Gasteiger partial charge in [-0.2, -0.15) is 0 Å². The van der Waals surface area contributed by atoms with Crippen molar-refractivity contribution in [1.29, 1.82) is 5.41 Å². The number of hydrogen-bond donors (Lipinski definition) is 3. The number of methoxy groups -OCH3 is 1. The minimum absolute atomic E-state index is 0.0803. The number of nitrogens with one attached hydrogen (secondary N) is 2. The minimum atomic E-state index is -0.633. The maximum atomic E-state index is 13.7. The summed E-state index contributed by atoms with van der Waals surface area (Å²) < 4.78 is 11.1. The lowest BCUT2D eigenvalue weighted by atomic mass is 9.91. The van der Waals surface area contributed by atoms with Gasteiger partial charge >= 0.3 is 5.97 Å². The van der Waals surface area contributed by atoms with E-state index in [0.717, 1.165) is 11.1 Å². The number of ketones is 1. The third-order valence-electron chi connectivity index (χ3n) is 6.37. The van der Waals surface area contributed by atoms with Crippen LogP contribution in [0.1, 0.15) is 54.7 Å². The molecule has 0 spiro atoms. The van der Waals surface area contributed by atoms with Gasteiger partial charge in [0.15, 0.2) is 5.78 Å². The highest BCUT2D eigenvalue weighted by atomic mass is 16.5. The second-order valence-electron chi connectivity index (χ2n) is 9.19. The molecule has 4 aromatic carbocycles. The number of carbonyl (C=O) groups is 3. The van der Waals surface area contributed by atoms with E-state index in [0.29, 0.717) is 40.3 Å². The van der Waals surface area contributed by atoms with Crippen LogP contribution in [0.2, 0.25) is 0 Å². The van der Waals surface area contributed by atoms with E-state index in [1.165, 1.54) is 20.1 Å². The first-order chi connectivity index (χ1) is 19.2. The number of nitrogens with two attached hydrogens (primary N) is 1. The molecule has 0 saturated carbocycles. The van der Waals surface area contributed by atoms with Gasteiger partial charge in [0.05, 0.1) is 18.2 Å². The molecule has 0 atom stereocenters. The fourth-order valence-corrected chi connectivity index (χ4v) is 4.20. The van der Waals surface area contributed by atoms with Gasteiger partial charge in [-0.15, -0.1) is 0 Å². The molecule has 4 rings (SSSR count). The Hall–Kier alpha value is -5.24. The first-order valence-electron chi connectivity index (χ1n) is 12.5. The summed E-state index contributed by atoms with van der Waals surface area (Å²) >= 11 is 0. The molecule has 8 heteroatoms. The van der Waals surface area contributed by atoms with Gasteiger partial charge in [0.2, 0.25) is 0 Å². The van der Waals surface area contributed by atoms with Crippen LogP contribution in [-0.4, -0.2) is 30.6 Å². The number of amides is 1. The molecule has 0 fully saturated rings. The third kappa shape index (κ3) is 6.24. The molecule has 0 unspecified atom stereocenters. The molecular weight excluding hydrogens is 506 g/mol. The van der Waals surface area contributed by atoms with E-state index in [2.05, 4.69) is 5.32 Å². The zero-order valence-electron chi connectivity index (χ0n) is 22.4. The summed E-state index contributed by atoms with van der Waals surface area (Å²) in [4.78, 5) is 38.5. The largest absolute Gasteiger partial charge is 0.489 e. The van der Waals surface area contributed by atoms with E-state index in [-0.39, 0.29) is 22.7 Å². The first kappa shape index (κ1) is 27.8. The monoisotopic (exact) mass is 535 g/mol. The predicted octanol–water partition coefficient (Wildman–Crippen LogP) is 5.77. The van der Waals surface area contributed by atoms with Crippen LogP contribution >= 0.6 is 0 Å². The summed E-state index contributed by atoms with van der Waals surface area (Å²) in [5, 5.41) is 10.5. The molecule has 40 heavy (non-hydrogen) atoms. The number of Topliss-reactive ketones (excluding diaryl/α,β-unsaturated/α-hetero) is 1. The molecule has 4 aromatic rings. The highest BCUT2D eigenvalue weighted by molar-refractivity contribution is 6.11. The van der Waals surface area contributed by atoms with E-state index in [1.54, 1.807) is 48.5 Å². The number of nitrogen functional groups attached to an aromatic ring is 1. The minimum Gasteiger partial charge on any atom is -0.489 e. The fraction of sp³-hybridized carbons (Fsp3) is 0.125. The molecule has 0 aliphatic heterocycles. The van der Waals surface area contributed by atoms with Crippen molar-refractivity contribution >= 4 is 29.2 Å². The molecule has 0 radical (unpaired) electrons. The van der Waals surface area contributed by atoms with E-state index in [1.807, 2.05) is 37.3 Å². The number of anilines is 1. The number of amidine groups is 1. The lowest BCUT2D eigenvalue weighted by Gasteiger charge is -2.18. The van der Waals surface area contributed by atoms with Crippen molar-refractivity contribution in [2.75, 3.05) is 12.4 Å². The van der Waals surface area contributed by atoms with Crippen LogP contribution < -0.4 is 15.8 Å². The molecular formula is C32H29N3O5. The lowest BCUT2D eigenvalue weighted by molar-refractivity contribution is 0.0601. The van der Waals surface area contributed by atoms with Crippen molar-refractivity contribution in [3.05, 3.63) is 118 Å². The van der Waals surface area contributed by atoms with Crippen molar-refractivity contribution in [1.82, 2.24) is 0 Å². The molecule has 4 N–H and O–H groups in total.